The topological polar surface area (TPSA) is 46.3 Å². The Morgan fingerprint density at radius 3 is 3.06 bits per heavy atom. The van der Waals surface area contributed by atoms with Crippen LogP contribution in [-0.4, -0.2) is 29.9 Å². The third-order valence-corrected chi connectivity index (χ3v) is 3.10. The fraction of sp³-hybridized carbons (Fsp3) is 0.462. The van der Waals surface area contributed by atoms with Gasteiger partial charge in [-0.2, -0.15) is 0 Å². The summed E-state index contributed by atoms with van der Waals surface area (Å²) in [5.74, 6) is 0.0655. The Morgan fingerprint density at radius 2 is 2.38 bits per heavy atom. The van der Waals surface area contributed by atoms with E-state index in [1.807, 2.05) is 23.1 Å². The van der Waals surface area contributed by atoms with E-state index in [1.165, 1.54) is 6.42 Å². The number of nitrogens with zero attached hydrogens (tertiary/aromatic N) is 1. The zero-order chi connectivity index (χ0) is 11.4. The van der Waals surface area contributed by atoms with E-state index in [4.69, 9.17) is 5.73 Å². The van der Waals surface area contributed by atoms with Crippen molar-refractivity contribution in [3.05, 3.63) is 35.9 Å². The van der Waals surface area contributed by atoms with Gasteiger partial charge in [-0.05, 0) is 31.4 Å². The summed E-state index contributed by atoms with van der Waals surface area (Å²) in [6, 6.07) is 10.5. The van der Waals surface area contributed by atoms with Crippen molar-refractivity contribution in [1.82, 2.24) is 4.90 Å². The maximum atomic E-state index is 12.2. The van der Waals surface area contributed by atoms with E-state index in [2.05, 4.69) is 6.07 Å². The van der Waals surface area contributed by atoms with Crippen molar-refractivity contribution >= 4 is 5.91 Å². The van der Waals surface area contributed by atoms with Crippen LogP contribution in [-0.2, 0) is 0 Å². The number of hydrogen-bond donors (Lipinski definition) is 1. The van der Waals surface area contributed by atoms with E-state index in [1.54, 1.807) is 6.07 Å². The lowest BCUT2D eigenvalue weighted by molar-refractivity contribution is 0.0623. The molecule has 1 saturated heterocycles. The Balaban J connectivity index is 2.14. The van der Waals surface area contributed by atoms with E-state index in [0.29, 0.717) is 12.1 Å². The van der Waals surface area contributed by atoms with Crippen LogP contribution in [0.15, 0.2) is 24.3 Å². The number of carbonyl (C=O) groups excluding carboxylic acids is 1. The Morgan fingerprint density at radius 1 is 1.50 bits per heavy atom. The van der Waals surface area contributed by atoms with Crippen molar-refractivity contribution in [2.75, 3.05) is 13.1 Å². The number of rotatable bonds is 2. The highest BCUT2D eigenvalue weighted by Gasteiger charge is 2.26. The summed E-state index contributed by atoms with van der Waals surface area (Å²) in [6.07, 6.45) is 3.27. The normalized spacial score (nSPS) is 20.8. The summed E-state index contributed by atoms with van der Waals surface area (Å²) in [5, 5.41) is 0. The molecule has 0 aromatic heterocycles. The summed E-state index contributed by atoms with van der Waals surface area (Å²) >= 11 is 0. The van der Waals surface area contributed by atoms with Gasteiger partial charge in [0.1, 0.15) is 0 Å². The van der Waals surface area contributed by atoms with Gasteiger partial charge in [0.05, 0.1) is 0 Å². The lowest BCUT2D eigenvalue weighted by Crippen LogP contribution is -2.47. The summed E-state index contributed by atoms with van der Waals surface area (Å²) in [6.45, 7) is 1.38. The van der Waals surface area contributed by atoms with Crippen LogP contribution in [0.25, 0.3) is 0 Å². The molecular formula is C13H17N2O. The van der Waals surface area contributed by atoms with E-state index < -0.39 is 0 Å². The highest BCUT2D eigenvalue weighted by atomic mass is 16.2. The molecule has 1 aliphatic heterocycles. The van der Waals surface area contributed by atoms with Crippen molar-refractivity contribution < 1.29 is 4.79 Å². The summed E-state index contributed by atoms with van der Waals surface area (Å²) in [4.78, 5) is 14.1. The number of hydrogen-bond acceptors (Lipinski definition) is 2. The average molecular weight is 217 g/mol. The van der Waals surface area contributed by atoms with Crippen LogP contribution < -0.4 is 5.73 Å². The lowest BCUT2D eigenvalue weighted by atomic mass is 10.0. The van der Waals surface area contributed by atoms with Crippen LogP contribution >= 0.6 is 0 Å². The number of amides is 1. The van der Waals surface area contributed by atoms with Crippen molar-refractivity contribution in [3.63, 3.8) is 0 Å². The molecule has 3 heteroatoms. The fourth-order valence-corrected chi connectivity index (χ4v) is 2.19. The van der Waals surface area contributed by atoms with Gasteiger partial charge in [-0.15, -0.1) is 0 Å². The van der Waals surface area contributed by atoms with Gasteiger partial charge in [-0.3, -0.25) is 4.79 Å². The van der Waals surface area contributed by atoms with Crippen LogP contribution in [0, 0.1) is 6.07 Å². The second-order valence-corrected chi connectivity index (χ2v) is 4.16. The third-order valence-electron chi connectivity index (χ3n) is 3.10. The standard InChI is InChI=1S/C13H17N2O/c14-10-12-8-4-5-9-15(12)13(16)11-6-2-1-3-7-11/h1-3,6,12H,4-5,8-10,14H2. The minimum atomic E-state index is 0.0655. The first kappa shape index (κ1) is 11.1. The molecule has 1 fully saturated rings. The molecule has 2 N–H and O–H groups in total. The smallest absolute Gasteiger partial charge is 0.254 e. The van der Waals surface area contributed by atoms with Gasteiger partial charge >= 0.3 is 0 Å². The molecule has 1 radical (unpaired) electrons. The van der Waals surface area contributed by atoms with Crippen LogP contribution in [0.1, 0.15) is 29.6 Å². The van der Waals surface area contributed by atoms with E-state index in [9.17, 15) is 4.79 Å². The molecule has 0 spiro atoms. The molecule has 85 valence electrons. The van der Waals surface area contributed by atoms with Gasteiger partial charge in [-0.1, -0.05) is 18.2 Å². The fourth-order valence-electron chi connectivity index (χ4n) is 2.19. The molecule has 1 heterocycles. The predicted octanol–water partition coefficient (Wildman–Crippen LogP) is 1.44. The van der Waals surface area contributed by atoms with Crippen molar-refractivity contribution in [2.45, 2.75) is 25.3 Å². The summed E-state index contributed by atoms with van der Waals surface area (Å²) in [7, 11) is 0. The third kappa shape index (κ3) is 2.25. The second-order valence-electron chi connectivity index (χ2n) is 4.16. The highest BCUT2D eigenvalue weighted by Crippen LogP contribution is 2.18. The molecular weight excluding hydrogens is 200 g/mol. The Kier molecular flexibility index (Phi) is 3.57. The molecule has 2 rings (SSSR count). The molecule has 1 amide bonds. The van der Waals surface area contributed by atoms with Crippen molar-refractivity contribution in [2.24, 2.45) is 5.73 Å². The minimum absolute atomic E-state index is 0.0655. The van der Waals surface area contributed by atoms with E-state index in [0.717, 1.165) is 19.4 Å². The molecule has 3 nitrogen and oxygen atoms in total. The Bertz CT molecular complexity index is 350. The first-order valence-electron chi connectivity index (χ1n) is 5.80. The molecule has 1 atom stereocenters. The predicted molar refractivity (Wildman–Crippen MR) is 63.0 cm³/mol. The van der Waals surface area contributed by atoms with Crippen molar-refractivity contribution in [3.8, 4) is 0 Å². The van der Waals surface area contributed by atoms with Crippen molar-refractivity contribution in [1.29, 1.82) is 0 Å². The van der Waals surface area contributed by atoms with Gasteiger partial charge in [0.2, 0.25) is 0 Å². The zero-order valence-electron chi connectivity index (χ0n) is 9.36. The number of carbonyl (C=O) groups is 1. The van der Waals surface area contributed by atoms with Gasteiger partial charge in [0.25, 0.3) is 5.91 Å². The maximum absolute atomic E-state index is 12.2. The molecule has 1 aromatic rings. The van der Waals surface area contributed by atoms with E-state index in [-0.39, 0.29) is 11.9 Å². The Hall–Kier alpha value is -1.35. The molecule has 0 saturated carbocycles. The van der Waals surface area contributed by atoms with E-state index >= 15 is 0 Å². The monoisotopic (exact) mass is 217 g/mol. The molecule has 16 heavy (non-hydrogen) atoms. The van der Waals surface area contributed by atoms with Crippen LogP contribution in [0.3, 0.4) is 0 Å². The average Bonchev–Trinajstić information content (AvgIpc) is 2.39. The quantitative estimate of drug-likeness (QED) is 0.814. The molecule has 1 aromatic carbocycles. The molecule has 1 unspecified atom stereocenters. The first-order valence-corrected chi connectivity index (χ1v) is 5.80. The maximum Gasteiger partial charge on any atom is 0.254 e. The van der Waals surface area contributed by atoms with Gasteiger partial charge < -0.3 is 10.6 Å². The summed E-state index contributed by atoms with van der Waals surface area (Å²) in [5.41, 5.74) is 6.35. The molecule has 1 aliphatic rings. The van der Waals surface area contributed by atoms with Gasteiger partial charge in [-0.25, -0.2) is 0 Å². The number of likely N-dealkylation sites (tertiary alicyclic amines) is 1. The SMILES string of the molecule is NCC1CCCCN1C(=O)c1[c]cccc1. The minimum Gasteiger partial charge on any atom is -0.334 e. The highest BCUT2D eigenvalue weighted by molar-refractivity contribution is 5.94. The van der Waals surface area contributed by atoms with Crippen LogP contribution in [0.5, 0.6) is 0 Å². The lowest BCUT2D eigenvalue weighted by Gasteiger charge is -2.35. The number of benzene rings is 1. The zero-order valence-corrected chi connectivity index (χ0v) is 9.36. The molecule has 0 bridgehead atoms. The summed E-state index contributed by atoms with van der Waals surface area (Å²) < 4.78 is 0. The van der Waals surface area contributed by atoms with Crippen LogP contribution in [0.2, 0.25) is 0 Å². The van der Waals surface area contributed by atoms with Gasteiger partial charge in [0.15, 0.2) is 0 Å². The number of piperidine rings is 1. The largest absolute Gasteiger partial charge is 0.334 e. The van der Waals surface area contributed by atoms with Crippen LogP contribution in [0.4, 0.5) is 0 Å². The number of nitrogens with two attached hydrogens (primary N) is 1. The second kappa shape index (κ2) is 5.12. The molecule has 0 aliphatic carbocycles. The first-order chi connectivity index (χ1) is 7.83. The van der Waals surface area contributed by atoms with Gasteiger partial charge in [0, 0.05) is 24.7 Å². The Labute approximate surface area is 96.2 Å².